The number of rotatable bonds is 8. The first-order valence-corrected chi connectivity index (χ1v) is 7.32. The van der Waals surface area contributed by atoms with Gasteiger partial charge in [0.2, 0.25) is 0 Å². The molecule has 0 aliphatic heterocycles. The lowest BCUT2D eigenvalue weighted by molar-refractivity contribution is 0.280. The minimum Gasteiger partial charge on any atom is -0.493 e. The molecule has 1 fully saturated rings. The van der Waals surface area contributed by atoms with Crippen molar-refractivity contribution in [2.24, 2.45) is 5.92 Å². The molecule has 0 unspecified atom stereocenters. The van der Waals surface area contributed by atoms with Gasteiger partial charge in [-0.15, -0.1) is 0 Å². The van der Waals surface area contributed by atoms with E-state index in [1.807, 2.05) is 12.1 Å². The minimum atomic E-state index is 0.633. The Hall–Kier alpha value is -0.930. The molecule has 1 N–H and O–H groups in total. The predicted molar refractivity (Wildman–Crippen MR) is 78.2 cm³/mol. The Kier molecular flexibility index (Phi) is 5.34. The lowest BCUT2D eigenvalue weighted by atomic mass is 10.2. The second-order valence-electron chi connectivity index (χ2n) is 5.04. The van der Waals surface area contributed by atoms with Gasteiger partial charge in [-0.25, -0.2) is 0 Å². The molecular formula is C15H22ClNO2. The Morgan fingerprint density at radius 1 is 1.37 bits per heavy atom. The van der Waals surface area contributed by atoms with Crippen molar-refractivity contribution >= 4 is 11.6 Å². The maximum Gasteiger partial charge on any atom is 0.179 e. The summed E-state index contributed by atoms with van der Waals surface area (Å²) in [5, 5.41) is 3.99. The van der Waals surface area contributed by atoms with Crippen LogP contribution in [-0.4, -0.2) is 20.3 Å². The van der Waals surface area contributed by atoms with Gasteiger partial charge >= 0.3 is 0 Å². The third-order valence-corrected chi connectivity index (χ3v) is 3.49. The molecule has 0 amide bonds. The summed E-state index contributed by atoms with van der Waals surface area (Å²) in [6, 6.07) is 3.95. The summed E-state index contributed by atoms with van der Waals surface area (Å²) < 4.78 is 11.2. The largest absolute Gasteiger partial charge is 0.493 e. The Balaban J connectivity index is 2.04. The minimum absolute atomic E-state index is 0.633. The van der Waals surface area contributed by atoms with E-state index in [1.165, 1.54) is 12.8 Å². The molecule has 0 aromatic heterocycles. The Labute approximate surface area is 120 Å². The van der Waals surface area contributed by atoms with Crippen molar-refractivity contribution in [2.75, 3.05) is 20.3 Å². The normalized spacial score (nSPS) is 14.5. The van der Waals surface area contributed by atoms with Crippen molar-refractivity contribution in [1.82, 2.24) is 5.32 Å². The molecule has 0 saturated heterocycles. The fraction of sp³-hybridized carbons (Fsp3) is 0.600. The SMILES string of the molecule is CCCNCc1cc(Cl)c(OCC2CC2)c(OC)c1. The Morgan fingerprint density at radius 3 is 2.79 bits per heavy atom. The predicted octanol–water partition coefficient (Wildman–Crippen LogP) is 3.64. The van der Waals surface area contributed by atoms with E-state index in [0.717, 1.165) is 37.4 Å². The first-order chi connectivity index (χ1) is 9.24. The van der Waals surface area contributed by atoms with E-state index in [-0.39, 0.29) is 0 Å². The van der Waals surface area contributed by atoms with Crippen molar-refractivity contribution in [2.45, 2.75) is 32.7 Å². The highest BCUT2D eigenvalue weighted by atomic mass is 35.5. The summed E-state index contributed by atoms with van der Waals surface area (Å²) >= 11 is 6.30. The number of benzene rings is 1. The van der Waals surface area contributed by atoms with Gasteiger partial charge in [-0.2, -0.15) is 0 Å². The van der Waals surface area contributed by atoms with Crippen LogP contribution in [0.4, 0.5) is 0 Å². The number of methoxy groups -OCH3 is 1. The molecule has 2 rings (SSSR count). The van der Waals surface area contributed by atoms with Crippen molar-refractivity contribution in [3.63, 3.8) is 0 Å². The smallest absolute Gasteiger partial charge is 0.179 e. The summed E-state index contributed by atoms with van der Waals surface area (Å²) in [4.78, 5) is 0. The molecule has 0 heterocycles. The standard InChI is InChI=1S/C15H22ClNO2/c1-3-6-17-9-12-7-13(16)15(14(8-12)18-2)19-10-11-4-5-11/h7-8,11,17H,3-6,9-10H2,1-2H3. The maximum absolute atomic E-state index is 6.30. The molecule has 1 aromatic carbocycles. The molecule has 1 aliphatic carbocycles. The molecule has 0 bridgehead atoms. The zero-order valence-electron chi connectivity index (χ0n) is 11.7. The quantitative estimate of drug-likeness (QED) is 0.739. The van der Waals surface area contributed by atoms with Gasteiger partial charge in [0.05, 0.1) is 18.7 Å². The van der Waals surface area contributed by atoms with E-state index in [0.29, 0.717) is 16.7 Å². The molecule has 3 nitrogen and oxygen atoms in total. The monoisotopic (exact) mass is 283 g/mol. The van der Waals surface area contributed by atoms with Gasteiger partial charge in [-0.05, 0) is 49.4 Å². The van der Waals surface area contributed by atoms with Crippen LogP contribution in [0.5, 0.6) is 11.5 Å². The first-order valence-electron chi connectivity index (χ1n) is 6.94. The lowest BCUT2D eigenvalue weighted by Gasteiger charge is -2.14. The van der Waals surface area contributed by atoms with Crippen LogP contribution in [0.15, 0.2) is 12.1 Å². The molecule has 0 spiro atoms. The summed E-state index contributed by atoms with van der Waals surface area (Å²) in [6.07, 6.45) is 3.64. The van der Waals surface area contributed by atoms with Crippen molar-refractivity contribution in [1.29, 1.82) is 0 Å². The zero-order chi connectivity index (χ0) is 13.7. The second-order valence-corrected chi connectivity index (χ2v) is 5.45. The summed E-state index contributed by atoms with van der Waals surface area (Å²) in [6.45, 7) is 4.69. The highest BCUT2D eigenvalue weighted by molar-refractivity contribution is 6.32. The van der Waals surface area contributed by atoms with Crippen LogP contribution in [0.3, 0.4) is 0 Å². The molecule has 0 atom stereocenters. The Morgan fingerprint density at radius 2 is 2.16 bits per heavy atom. The average Bonchev–Trinajstić information content (AvgIpc) is 3.21. The fourth-order valence-corrected chi connectivity index (χ4v) is 2.20. The van der Waals surface area contributed by atoms with E-state index in [9.17, 15) is 0 Å². The molecular weight excluding hydrogens is 262 g/mol. The topological polar surface area (TPSA) is 30.5 Å². The number of hydrogen-bond donors (Lipinski definition) is 1. The molecule has 1 aliphatic rings. The van der Waals surface area contributed by atoms with Gasteiger partial charge in [-0.3, -0.25) is 0 Å². The van der Waals surface area contributed by atoms with Crippen LogP contribution in [0.1, 0.15) is 31.7 Å². The van der Waals surface area contributed by atoms with E-state index in [2.05, 4.69) is 12.2 Å². The van der Waals surface area contributed by atoms with Crippen LogP contribution in [-0.2, 0) is 6.54 Å². The number of hydrogen-bond acceptors (Lipinski definition) is 3. The second kappa shape index (κ2) is 7.01. The fourth-order valence-electron chi connectivity index (χ4n) is 1.91. The van der Waals surface area contributed by atoms with Crippen LogP contribution in [0, 0.1) is 5.92 Å². The van der Waals surface area contributed by atoms with Crippen molar-refractivity contribution < 1.29 is 9.47 Å². The molecule has 0 radical (unpaired) electrons. The molecule has 106 valence electrons. The van der Waals surface area contributed by atoms with Crippen LogP contribution < -0.4 is 14.8 Å². The molecule has 4 heteroatoms. The van der Waals surface area contributed by atoms with E-state index in [4.69, 9.17) is 21.1 Å². The highest BCUT2D eigenvalue weighted by Gasteiger charge is 2.23. The van der Waals surface area contributed by atoms with Gasteiger partial charge in [-0.1, -0.05) is 18.5 Å². The van der Waals surface area contributed by atoms with Crippen molar-refractivity contribution in [3.05, 3.63) is 22.7 Å². The number of nitrogens with one attached hydrogen (secondary N) is 1. The summed E-state index contributed by atoms with van der Waals surface area (Å²) in [5.74, 6) is 2.10. The Bertz CT molecular complexity index is 419. The van der Waals surface area contributed by atoms with E-state index in [1.54, 1.807) is 7.11 Å². The lowest BCUT2D eigenvalue weighted by Crippen LogP contribution is -2.14. The third kappa shape index (κ3) is 4.29. The van der Waals surface area contributed by atoms with Crippen molar-refractivity contribution in [3.8, 4) is 11.5 Å². The third-order valence-electron chi connectivity index (χ3n) is 3.21. The number of ether oxygens (including phenoxy) is 2. The first kappa shape index (κ1) is 14.5. The van der Waals surface area contributed by atoms with Gasteiger partial charge in [0, 0.05) is 6.54 Å². The molecule has 1 aromatic rings. The molecule has 19 heavy (non-hydrogen) atoms. The van der Waals surface area contributed by atoms with Gasteiger partial charge in [0.15, 0.2) is 11.5 Å². The van der Waals surface area contributed by atoms with Gasteiger partial charge < -0.3 is 14.8 Å². The van der Waals surface area contributed by atoms with Gasteiger partial charge in [0.25, 0.3) is 0 Å². The van der Waals surface area contributed by atoms with Crippen LogP contribution >= 0.6 is 11.6 Å². The summed E-state index contributed by atoms with van der Waals surface area (Å²) in [5.41, 5.74) is 1.12. The highest BCUT2D eigenvalue weighted by Crippen LogP contribution is 2.38. The summed E-state index contributed by atoms with van der Waals surface area (Å²) in [7, 11) is 1.65. The van der Waals surface area contributed by atoms with E-state index >= 15 is 0 Å². The maximum atomic E-state index is 6.30. The van der Waals surface area contributed by atoms with Gasteiger partial charge in [0.1, 0.15) is 0 Å². The number of halogens is 1. The van der Waals surface area contributed by atoms with E-state index < -0.39 is 0 Å². The zero-order valence-corrected chi connectivity index (χ0v) is 12.4. The molecule has 1 saturated carbocycles. The van der Waals surface area contributed by atoms with Crippen LogP contribution in [0.25, 0.3) is 0 Å². The average molecular weight is 284 g/mol. The van der Waals surface area contributed by atoms with Crippen LogP contribution in [0.2, 0.25) is 5.02 Å².